The number of aliphatic carboxylic acids is 1. The summed E-state index contributed by atoms with van der Waals surface area (Å²) in [6.45, 7) is 2.86. The average Bonchev–Trinajstić information content (AvgIpc) is 2.20. The van der Waals surface area contributed by atoms with E-state index in [0.29, 0.717) is 5.56 Å². The van der Waals surface area contributed by atoms with Crippen molar-refractivity contribution < 1.29 is 18.3 Å². The molecule has 1 rings (SSSR count). The summed E-state index contributed by atoms with van der Waals surface area (Å²) in [5.41, 5.74) is 0.500. The molecule has 1 atom stereocenters. The van der Waals surface area contributed by atoms with Gasteiger partial charge in [0.25, 0.3) is 0 Å². The third kappa shape index (κ3) is 3.42. The molecule has 0 fully saturated rings. The first kappa shape index (κ1) is 14.0. The first-order valence-corrected chi connectivity index (χ1v) is 6.61. The third-order valence-corrected chi connectivity index (χ3v) is 4.06. The molecule has 0 amide bonds. The molecule has 0 spiro atoms. The molecule has 0 aliphatic heterocycles. The molecule has 17 heavy (non-hydrogen) atoms. The van der Waals surface area contributed by atoms with Crippen LogP contribution in [0.2, 0.25) is 5.02 Å². The standard InChI is InChI=1S/C10H12ClNO4S/c1-6-3-4-8(11)5-9(6)17(15,16)12-7(2)10(13)14/h3-5,7,12H,1-2H3,(H,13,14)/t7-/m0/s1. The maximum absolute atomic E-state index is 11.9. The predicted octanol–water partition coefficient (Wildman–Crippen LogP) is 1.40. The lowest BCUT2D eigenvalue weighted by Crippen LogP contribution is -2.38. The second kappa shape index (κ2) is 5.03. The number of halogens is 1. The van der Waals surface area contributed by atoms with Gasteiger partial charge in [-0.15, -0.1) is 0 Å². The van der Waals surface area contributed by atoms with Crippen LogP contribution in [-0.2, 0) is 14.8 Å². The van der Waals surface area contributed by atoms with Crippen molar-refractivity contribution in [2.45, 2.75) is 24.8 Å². The Balaban J connectivity index is 3.13. The number of carbonyl (C=O) groups is 1. The second-order valence-corrected chi connectivity index (χ2v) is 5.71. The topological polar surface area (TPSA) is 83.5 Å². The molecule has 0 radical (unpaired) electrons. The molecular weight excluding hydrogens is 266 g/mol. The highest BCUT2D eigenvalue weighted by Gasteiger charge is 2.23. The molecule has 0 unspecified atom stereocenters. The molecule has 5 nitrogen and oxygen atoms in total. The minimum atomic E-state index is -3.87. The number of carboxylic acids is 1. The molecule has 0 aromatic heterocycles. The number of rotatable bonds is 4. The van der Waals surface area contributed by atoms with Crippen molar-refractivity contribution in [2.75, 3.05) is 0 Å². The van der Waals surface area contributed by atoms with Gasteiger partial charge >= 0.3 is 5.97 Å². The largest absolute Gasteiger partial charge is 0.480 e. The van der Waals surface area contributed by atoms with Crippen LogP contribution in [0.25, 0.3) is 0 Å². The van der Waals surface area contributed by atoms with Crippen molar-refractivity contribution in [3.63, 3.8) is 0 Å². The third-order valence-electron chi connectivity index (χ3n) is 2.14. The Labute approximate surface area is 104 Å². The van der Waals surface area contributed by atoms with Crippen molar-refractivity contribution >= 4 is 27.6 Å². The van der Waals surface area contributed by atoms with Gasteiger partial charge in [-0.25, -0.2) is 8.42 Å². The van der Waals surface area contributed by atoms with Crippen LogP contribution in [0.15, 0.2) is 23.1 Å². The van der Waals surface area contributed by atoms with Crippen molar-refractivity contribution in [3.8, 4) is 0 Å². The maximum atomic E-state index is 11.9. The summed E-state index contributed by atoms with van der Waals surface area (Å²) in [7, 11) is -3.87. The molecule has 7 heteroatoms. The zero-order valence-electron chi connectivity index (χ0n) is 9.27. The van der Waals surface area contributed by atoms with Gasteiger partial charge < -0.3 is 5.11 Å². The monoisotopic (exact) mass is 277 g/mol. The number of benzene rings is 1. The van der Waals surface area contributed by atoms with Gasteiger partial charge in [0.1, 0.15) is 6.04 Å². The van der Waals surface area contributed by atoms with Gasteiger partial charge in [-0.2, -0.15) is 4.72 Å². The summed E-state index contributed by atoms with van der Waals surface area (Å²) in [6.07, 6.45) is 0. The Morgan fingerprint density at radius 1 is 1.47 bits per heavy atom. The zero-order chi connectivity index (χ0) is 13.2. The van der Waals surface area contributed by atoms with Crippen molar-refractivity contribution in [2.24, 2.45) is 0 Å². The number of hydrogen-bond donors (Lipinski definition) is 2. The van der Waals surface area contributed by atoms with E-state index in [4.69, 9.17) is 16.7 Å². The Hall–Kier alpha value is -1.11. The number of sulfonamides is 1. The van der Waals surface area contributed by atoms with E-state index in [9.17, 15) is 13.2 Å². The van der Waals surface area contributed by atoms with Gasteiger partial charge in [0.15, 0.2) is 0 Å². The molecular formula is C10H12ClNO4S. The summed E-state index contributed by atoms with van der Waals surface area (Å²) in [5.74, 6) is -1.24. The van der Waals surface area contributed by atoms with Crippen LogP contribution in [0.1, 0.15) is 12.5 Å². The molecule has 94 valence electrons. The number of aryl methyl sites for hydroxylation is 1. The predicted molar refractivity (Wildman–Crippen MR) is 63.6 cm³/mol. The normalized spacial score (nSPS) is 13.4. The van der Waals surface area contributed by atoms with E-state index >= 15 is 0 Å². The van der Waals surface area contributed by atoms with Gasteiger partial charge in [0.05, 0.1) is 4.90 Å². The van der Waals surface area contributed by atoms with Crippen molar-refractivity contribution in [3.05, 3.63) is 28.8 Å². The molecule has 2 N–H and O–H groups in total. The fourth-order valence-electron chi connectivity index (χ4n) is 1.21. The van der Waals surface area contributed by atoms with Crippen LogP contribution in [-0.4, -0.2) is 25.5 Å². The SMILES string of the molecule is Cc1ccc(Cl)cc1S(=O)(=O)N[C@@H](C)C(=O)O. The summed E-state index contributed by atoms with van der Waals surface area (Å²) >= 11 is 5.71. The second-order valence-electron chi connectivity index (χ2n) is 3.59. The van der Waals surface area contributed by atoms with Crippen LogP contribution in [0, 0.1) is 6.92 Å². The van der Waals surface area contributed by atoms with Gasteiger partial charge in [-0.3, -0.25) is 4.79 Å². The van der Waals surface area contributed by atoms with Crippen LogP contribution >= 0.6 is 11.6 Å². The van der Waals surface area contributed by atoms with Crippen LogP contribution in [0.5, 0.6) is 0 Å². The van der Waals surface area contributed by atoms with Crippen LogP contribution in [0.3, 0.4) is 0 Å². The molecule has 0 saturated heterocycles. The fourth-order valence-corrected chi connectivity index (χ4v) is 2.91. The Kier molecular flexibility index (Phi) is 4.13. The van der Waals surface area contributed by atoms with Crippen LogP contribution in [0.4, 0.5) is 0 Å². The first-order chi connectivity index (χ1) is 7.74. The molecule has 0 bridgehead atoms. The highest BCUT2D eigenvalue weighted by atomic mass is 35.5. The summed E-state index contributed by atoms with van der Waals surface area (Å²) in [4.78, 5) is 10.6. The zero-order valence-corrected chi connectivity index (χ0v) is 10.8. The Morgan fingerprint density at radius 2 is 2.06 bits per heavy atom. The van der Waals surface area contributed by atoms with Gasteiger partial charge in [-0.05, 0) is 31.5 Å². The van der Waals surface area contributed by atoms with Gasteiger partial charge in [0.2, 0.25) is 10.0 Å². The summed E-state index contributed by atoms with van der Waals surface area (Å²) in [6, 6.07) is 3.21. The highest BCUT2D eigenvalue weighted by Crippen LogP contribution is 2.20. The first-order valence-electron chi connectivity index (χ1n) is 4.75. The lowest BCUT2D eigenvalue weighted by atomic mass is 10.2. The minimum Gasteiger partial charge on any atom is -0.480 e. The fraction of sp³-hybridized carbons (Fsp3) is 0.300. The Bertz CT molecular complexity index is 541. The Morgan fingerprint density at radius 3 is 2.59 bits per heavy atom. The van der Waals surface area contributed by atoms with E-state index in [0.717, 1.165) is 0 Å². The van der Waals surface area contributed by atoms with E-state index in [1.54, 1.807) is 19.1 Å². The number of carboxylic acid groups (broad SMARTS) is 1. The average molecular weight is 278 g/mol. The van der Waals surface area contributed by atoms with E-state index in [1.165, 1.54) is 13.0 Å². The number of hydrogen-bond acceptors (Lipinski definition) is 3. The molecule has 0 heterocycles. The van der Waals surface area contributed by atoms with E-state index in [-0.39, 0.29) is 9.92 Å². The minimum absolute atomic E-state index is 0.0156. The van der Waals surface area contributed by atoms with Gasteiger partial charge in [0, 0.05) is 5.02 Å². The lowest BCUT2D eigenvalue weighted by Gasteiger charge is -2.12. The molecule has 1 aromatic carbocycles. The molecule has 1 aromatic rings. The van der Waals surface area contributed by atoms with Crippen molar-refractivity contribution in [1.29, 1.82) is 0 Å². The molecule has 0 aliphatic rings. The number of nitrogens with one attached hydrogen (secondary N) is 1. The lowest BCUT2D eigenvalue weighted by molar-refractivity contribution is -0.138. The highest BCUT2D eigenvalue weighted by molar-refractivity contribution is 7.89. The quantitative estimate of drug-likeness (QED) is 0.871. The molecule has 0 aliphatic carbocycles. The van der Waals surface area contributed by atoms with E-state index in [2.05, 4.69) is 4.72 Å². The maximum Gasteiger partial charge on any atom is 0.321 e. The van der Waals surface area contributed by atoms with Crippen molar-refractivity contribution in [1.82, 2.24) is 4.72 Å². The van der Waals surface area contributed by atoms with E-state index in [1.807, 2.05) is 0 Å². The van der Waals surface area contributed by atoms with Crippen LogP contribution < -0.4 is 4.72 Å². The summed E-state index contributed by atoms with van der Waals surface area (Å²) in [5, 5.41) is 8.94. The molecule has 0 saturated carbocycles. The smallest absolute Gasteiger partial charge is 0.321 e. The van der Waals surface area contributed by atoms with Gasteiger partial charge in [-0.1, -0.05) is 17.7 Å². The van der Waals surface area contributed by atoms with E-state index < -0.39 is 22.0 Å². The summed E-state index contributed by atoms with van der Waals surface area (Å²) < 4.78 is 25.8.